The molecule has 0 saturated heterocycles. The first-order valence-electron chi connectivity index (χ1n) is 7.53. The average molecular weight is 345 g/mol. The third-order valence-corrected chi connectivity index (χ3v) is 3.96. The highest BCUT2D eigenvalue weighted by Crippen LogP contribution is 2.32. The zero-order chi connectivity index (χ0) is 15.3. The molecule has 4 nitrogen and oxygen atoms in total. The minimum Gasteiger partial charge on any atom is -0.309 e. The van der Waals surface area contributed by atoms with E-state index in [1.165, 1.54) is 6.42 Å². The second-order valence-electron chi connectivity index (χ2n) is 7.00. The first-order chi connectivity index (χ1) is 9.24. The lowest BCUT2D eigenvalue weighted by molar-refractivity contribution is 0.272. The van der Waals surface area contributed by atoms with E-state index < -0.39 is 0 Å². The minimum absolute atomic E-state index is 0.307. The molecule has 1 N–H and O–H groups in total. The zero-order valence-electron chi connectivity index (χ0n) is 13.7. The summed E-state index contributed by atoms with van der Waals surface area (Å²) in [6.07, 6.45) is 3.46. The Morgan fingerprint density at radius 3 is 2.45 bits per heavy atom. The van der Waals surface area contributed by atoms with Crippen LogP contribution in [-0.4, -0.2) is 21.5 Å². The molecule has 1 rings (SSSR count). The summed E-state index contributed by atoms with van der Waals surface area (Å²) in [6.45, 7) is 12.5. The summed E-state index contributed by atoms with van der Waals surface area (Å²) >= 11 is 3.53. The lowest BCUT2D eigenvalue weighted by atomic mass is 9.82. The van der Waals surface area contributed by atoms with E-state index in [9.17, 15) is 0 Å². The fourth-order valence-electron chi connectivity index (χ4n) is 2.85. The molecule has 1 aromatic heterocycles. The van der Waals surface area contributed by atoms with Gasteiger partial charge in [0.05, 0.1) is 11.7 Å². The molecule has 20 heavy (non-hydrogen) atoms. The molecule has 2 atom stereocenters. The van der Waals surface area contributed by atoms with Crippen LogP contribution in [0.25, 0.3) is 0 Å². The van der Waals surface area contributed by atoms with Gasteiger partial charge in [-0.25, -0.2) is 4.68 Å². The van der Waals surface area contributed by atoms with E-state index in [1.54, 1.807) is 0 Å². The van der Waals surface area contributed by atoms with Gasteiger partial charge in [-0.15, -0.1) is 5.10 Å². The van der Waals surface area contributed by atoms with Gasteiger partial charge in [0.1, 0.15) is 0 Å². The second kappa shape index (κ2) is 7.55. The number of aromatic nitrogens is 3. The topological polar surface area (TPSA) is 42.7 Å². The number of hydrogen-bond donors (Lipinski definition) is 1. The van der Waals surface area contributed by atoms with Gasteiger partial charge < -0.3 is 5.32 Å². The van der Waals surface area contributed by atoms with Crippen molar-refractivity contribution < 1.29 is 0 Å². The van der Waals surface area contributed by atoms with E-state index >= 15 is 0 Å². The van der Waals surface area contributed by atoms with Gasteiger partial charge in [0, 0.05) is 7.05 Å². The fraction of sp³-hybridized carbons (Fsp3) is 0.867. The van der Waals surface area contributed by atoms with Crippen molar-refractivity contribution in [3.63, 3.8) is 0 Å². The molecule has 0 aromatic carbocycles. The average Bonchev–Trinajstić information content (AvgIpc) is 2.62. The number of nitrogens with zero attached hydrogens (tertiary/aromatic N) is 3. The molecule has 2 unspecified atom stereocenters. The summed E-state index contributed by atoms with van der Waals surface area (Å²) in [5, 5.41) is 11.9. The van der Waals surface area contributed by atoms with Crippen LogP contribution in [0.1, 0.15) is 65.6 Å². The fourth-order valence-corrected chi connectivity index (χ4v) is 3.45. The molecule has 0 amide bonds. The molecule has 0 fully saturated rings. The lowest BCUT2D eigenvalue weighted by Gasteiger charge is -2.27. The molecular weight excluding hydrogens is 316 g/mol. The van der Waals surface area contributed by atoms with Crippen LogP contribution in [0.4, 0.5) is 0 Å². The highest BCUT2D eigenvalue weighted by molar-refractivity contribution is 9.10. The van der Waals surface area contributed by atoms with Crippen molar-refractivity contribution in [1.82, 2.24) is 20.3 Å². The maximum atomic E-state index is 4.12. The summed E-state index contributed by atoms with van der Waals surface area (Å²) in [5.41, 5.74) is 1.52. The van der Waals surface area contributed by atoms with Crippen molar-refractivity contribution >= 4 is 15.9 Å². The van der Waals surface area contributed by atoms with Crippen molar-refractivity contribution in [1.29, 1.82) is 0 Å². The third kappa shape index (κ3) is 5.52. The van der Waals surface area contributed by atoms with E-state index in [1.807, 2.05) is 11.7 Å². The Balaban J connectivity index is 2.80. The summed E-state index contributed by atoms with van der Waals surface area (Å²) in [4.78, 5) is 0. The van der Waals surface area contributed by atoms with E-state index in [-0.39, 0.29) is 0 Å². The monoisotopic (exact) mass is 344 g/mol. The highest BCUT2D eigenvalue weighted by atomic mass is 79.9. The van der Waals surface area contributed by atoms with Crippen LogP contribution in [0.5, 0.6) is 0 Å². The molecule has 1 heterocycles. The zero-order valence-corrected chi connectivity index (χ0v) is 15.3. The Labute approximate surface area is 131 Å². The van der Waals surface area contributed by atoms with Crippen molar-refractivity contribution in [2.75, 3.05) is 6.54 Å². The minimum atomic E-state index is 0.307. The van der Waals surface area contributed by atoms with Crippen molar-refractivity contribution in [3.05, 3.63) is 10.3 Å². The Morgan fingerprint density at radius 2 is 2.00 bits per heavy atom. The van der Waals surface area contributed by atoms with Gasteiger partial charge >= 0.3 is 0 Å². The summed E-state index contributed by atoms with van der Waals surface area (Å²) in [6, 6.07) is 0.307. The summed E-state index contributed by atoms with van der Waals surface area (Å²) < 4.78 is 2.73. The van der Waals surface area contributed by atoms with Crippen LogP contribution in [0.2, 0.25) is 0 Å². The molecule has 0 saturated carbocycles. The van der Waals surface area contributed by atoms with E-state index in [0.29, 0.717) is 17.4 Å². The predicted octanol–water partition coefficient (Wildman–Crippen LogP) is 4.08. The largest absolute Gasteiger partial charge is 0.309 e. The smallest absolute Gasteiger partial charge is 0.153 e. The van der Waals surface area contributed by atoms with Crippen molar-refractivity contribution in [2.45, 2.75) is 59.9 Å². The first-order valence-corrected chi connectivity index (χ1v) is 8.32. The van der Waals surface area contributed by atoms with Gasteiger partial charge in [-0.05, 0) is 53.1 Å². The van der Waals surface area contributed by atoms with Crippen LogP contribution in [0.15, 0.2) is 4.60 Å². The summed E-state index contributed by atoms with van der Waals surface area (Å²) in [5.74, 6) is 0.658. The number of rotatable bonds is 7. The maximum absolute atomic E-state index is 4.12. The molecule has 1 aromatic rings. The van der Waals surface area contributed by atoms with Crippen LogP contribution in [-0.2, 0) is 7.05 Å². The number of nitrogens with one attached hydrogen (secondary N) is 1. The lowest BCUT2D eigenvalue weighted by Crippen LogP contribution is -2.27. The molecule has 5 heteroatoms. The number of halogens is 1. The molecule has 0 radical (unpaired) electrons. The highest BCUT2D eigenvalue weighted by Gasteiger charge is 2.24. The SMILES string of the molecule is CCCNC(CC(C)CC(C)(C)C)c1c(Br)nnn1C. The Bertz CT molecular complexity index is 389. The molecule has 0 spiro atoms. The molecule has 0 aliphatic carbocycles. The normalized spacial score (nSPS) is 15.3. The van der Waals surface area contributed by atoms with Gasteiger partial charge in [0.2, 0.25) is 0 Å². The van der Waals surface area contributed by atoms with Crippen LogP contribution < -0.4 is 5.32 Å². The molecular formula is C15H29BrN4. The standard InChI is InChI=1S/C15H29BrN4/c1-7-8-17-12(9-11(2)10-15(3,4)5)13-14(16)18-19-20(13)6/h11-12,17H,7-10H2,1-6H3. The van der Waals surface area contributed by atoms with Gasteiger partial charge in [-0.3, -0.25) is 0 Å². The summed E-state index contributed by atoms with van der Waals surface area (Å²) in [7, 11) is 1.96. The van der Waals surface area contributed by atoms with E-state index in [0.717, 1.165) is 29.7 Å². The van der Waals surface area contributed by atoms with Gasteiger partial charge in [0.25, 0.3) is 0 Å². The van der Waals surface area contributed by atoms with Crippen LogP contribution in [0, 0.1) is 11.3 Å². The predicted molar refractivity (Wildman–Crippen MR) is 87.6 cm³/mol. The Kier molecular flexibility index (Phi) is 6.65. The third-order valence-electron chi connectivity index (χ3n) is 3.40. The van der Waals surface area contributed by atoms with Gasteiger partial charge in [-0.2, -0.15) is 0 Å². The Morgan fingerprint density at radius 1 is 1.35 bits per heavy atom. The quantitative estimate of drug-likeness (QED) is 0.810. The number of hydrogen-bond acceptors (Lipinski definition) is 3. The first kappa shape index (κ1) is 17.6. The molecule has 116 valence electrons. The van der Waals surface area contributed by atoms with Crippen molar-refractivity contribution in [2.24, 2.45) is 18.4 Å². The van der Waals surface area contributed by atoms with Gasteiger partial charge in [0.15, 0.2) is 4.60 Å². The second-order valence-corrected chi connectivity index (χ2v) is 7.75. The maximum Gasteiger partial charge on any atom is 0.153 e. The van der Waals surface area contributed by atoms with E-state index in [4.69, 9.17) is 0 Å². The van der Waals surface area contributed by atoms with E-state index in [2.05, 4.69) is 66.2 Å². The Hall–Kier alpha value is -0.420. The van der Waals surface area contributed by atoms with Crippen LogP contribution in [0.3, 0.4) is 0 Å². The molecule has 0 aliphatic rings. The van der Waals surface area contributed by atoms with Crippen molar-refractivity contribution in [3.8, 4) is 0 Å². The van der Waals surface area contributed by atoms with Crippen LogP contribution >= 0.6 is 15.9 Å². The van der Waals surface area contributed by atoms with Gasteiger partial charge in [-0.1, -0.05) is 39.8 Å². The molecule has 0 aliphatic heterocycles. The number of aryl methyl sites for hydroxylation is 1. The molecule has 0 bridgehead atoms.